The second-order valence-corrected chi connectivity index (χ2v) is 5.37. The SMILES string of the molecule is CN(C)c1cc(N[C@H]2CCC[C@@H]2N(C)C)ncn1. The Balaban J connectivity index is 2.07. The predicted molar refractivity (Wildman–Crippen MR) is 75.1 cm³/mol. The molecule has 2 atom stereocenters. The van der Waals surface area contributed by atoms with Gasteiger partial charge >= 0.3 is 0 Å². The average Bonchev–Trinajstić information content (AvgIpc) is 2.77. The topological polar surface area (TPSA) is 44.3 Å². The van der Waals surface area contributed by atoms with Gasteiger partial charge in [-0.25, -0.2) is 9.97 Å². The minimum absolute atomic E-state index is 0.491. The number of hydrogen-bond donors (Lipinski definition) is 1. The molecule has 1 aliphatic carbocycles. The molecule has 0 aromatic carbocycles. The molecule has 100 valence electrons. The normalized spacial score (nSPS) is 23.4. The lowest BCUT2D eigenvalue weighted by Crippen LogP contribution is -2.39. The summed E-state index contributed by atoms with van der Waals surface area (Å²) in [7, 11) is 8.28. The Kier molecular flexibility index (Phi) is 4.01. The van der Waals surface area contributed by atoms with E-state index in [0.29, 0.717) is 12.1 Å². The van der Waals surface area contributed by atoms with Gasteiger partial charge in [0.15, 0.2) is 0 Å². The van der Waals surface area contributed by atoms with Crippen LogP contribution >= 0.6 is 0 Å². The third kappa shape index (κ3) is 2.90. The molecule has 0 saturated heterocycles. The molecule has 0 unspecified atom stereocenters. The van der Waals surface area contributed by atoms with Crippen LogP contribution in [0.15, 0.2) is 12.4 Å². The van der Waals surface area contributed by atoms with Gasteiger partial charge in [0.1, 0.15) is 18.0 Å². The van der Waals surface area contributed by atoms with Crippen molar-refractivity contribution in [3.05, 3.63) is 12.4 Å². The van der Waals surface area contributed by atoms with E-state index in [1.165, 1.54) is 19.3 Å². The average molecular weight is 249 g/mol. The van der Waals surface area contributed by atoms with Gasteiger partial charge in [0.05, 0.1) is 0 Å². The summed E-state index contributed by atoms with van der Waals surface area (Å²) in [4.78, 5) is 12.8. The van der Waals surface area contributed by atoms with Gasteiger partial charge in [-0.05, 0) is 33.4 Å². The van der Waals surface area contributed by atoms with Crippen molar-refractivity contribution in [2.75, 3.05) is 38.4 Å². The quantitative estimate of drug-likeness (QED) is 0.874. The van der Waals surface area contributed by atoms with Crippen LogP contribution in [0.25, 0.3) is 0 Å². The molecule has 1 N–H and O–H groups in total. The Morgan fingerprint density at radius 1 is 1.17 bits per heavy atom. The van der Waals surface area contributed by atoms with Crippen LogP contribution in [0.4, 0.5) is 11.6 Å². The standard InChI is InChI=1S/C13H23N5/c1-17(2)11-7-5-6-10(11)16-12-8-13(18(3)4)15-9-14-12/h8-11H,5-7H2,1-4H3,(H,14,15,16)/t10-,11-/m0/s1. The van der Waals surface area contributed by atoms with Crippen LogP contribution in [-0.2, 0) is 0 Å². The van der Waals surface area contributed by atoms with Gasteiger partial charge in [-0.15, -0.1) is 0 Å². The smallest absolute Gasteiger partial charge is 0.133 e. The Morgan fingerprint density at radius 3 is 2.61 bits per heavy atom. The monoisotopic (exact) mass is 249 g/mol. The summed E-state index contributed by atoms with van der Waals surface area (Å²) in [6.45, 7) is 0. The van der Waals surface area contributed by atoms with Gasteiger partial charge in [0, 0.05) is 32.2 Å². The molecule has 18 heavy (non-hydrogen) atoms. The summed E-state index contributed by atoms with van der Waals surface area (Å²) in [5.41, 5.74) is 0. The number of anilines is 2. The van der Waals surface area contributed by atoms with E-state index in [0.717, 1.165) is 11.6 Å². The Labute approximate surface area is 109 Å². The van der Waals surface area contributed by atoms with Crippen molar-refractivity contribution in [3.63, 3.8) is 0 Å². The maximum absolute atomic E-state index is 4.31. The van der Waals surface area contributed by atoms with Gasteiger partial charge in [0.25, 0.3) is 0 Å². The first-order chi connectivity index (χ1) is 8.58. The molecular weight excluding hydrogens is 226 g/mol. The number of likely N-dealkylation sites (N-methyl/N-ethyl adjacent to an activating group) is 1. The van der Waals surface area contributed by atoms with Crippen LogP contribution in [0.1, 0.15) is 19.3 Å². The maximum Gasteiger partial charge on any atom is 0.133 e. The zero-order chi connectivity index (χ0) is 13.1. The Hall–Kier alpha value is -1.36. The molecule has 2 rings (SSSR count). The highest BCUT2D eigenvalue weighted by molar-refractivity contribution is 5.48. The van der Waals surface area contributed by atoms with Crippen LogP contribution in [0.2, 0.25) is 0 Å². The van der Waals surface area contributed by atoms with E-state index in [4.69, 9.17) is 0 Å². The zero-order valence-corrected chi connectivity index (χ0v) is 11.7. The van der Waals surface area contributed by atoms with Crippen molar-refractivity contribution < 1.29 is 0 Å². The van der Waals surface area contributed by atoms with Crippen LogP contribution in [0, 0.1) is 0 Å². The third-order valence-corrected chi connectivity index (χ3v) is 3.59. The third-order valence-electron chi connectivity index (χ3n) is 3.59. The summed E-state index contributed by atoms with van der Waals surface area (Å²) in [5.74, 6) is 1.86. The highest BCUT2D eigenvalue weighted by atomic mass is 15.2. The molecule has 1 aromatic heterocycles. The summed E-state index contributed by atoms with van der Waals surface area (Å²) in [5, 5.41) is 3.55. The number of rotatable bonds is 4. The molecule has 0 spiro atoms. The minimum atomic E-state index is 0.491. The maximum atomic E-state index is 4.31. The molecule has 1 saturated carbocycles. The van der Waals surface area contributed by atoms with Gasteiger partial charge < -0.3 is 15.1 Å². The van der Waals surface area contributed by atoms with Gasteiger partial charge in [-0.2, -0.15) is 0 Å². The fourth-order valence-electron chi connectivity index (χ4n) is 2.59. The first kappa shape index (κ1) is 13.1. The van der Waals surface area contributed by atoms with Gasteiger partial charge in [0.2, 0.25) is 0 Å². The highest BCUT2D eigenvalue weighted by Crippen LogP contribution is 2.25. The molecule has 0 amide bonds. The van der Waals surface area contributed by atoms with E-state index in [1.807, 2.05) is 25.1 Å². The Morgan fingerprint density at radius 2 is 1.94 bits per heavy atom. The number of nitrogens with zero attached hydrogens (tertiary/aromatic N) is 4. The van der Waals surface area contributed by atoms with Crippen molar-refractivity contribution in [1.29, 1.82) is 0 Å². The zero-order valence-electron chi connectivity index (χ0n) is 11.7. The largest absolute Gasteiger partial charge is 0.366 e. The van der Waals surface area contributed by atoms with Gasteiger partial charge in [-0.3, -0.25) is 0 Å². The minimum Gasteiger partial charge on any atom is -0.366 e. The molecule has 1 heterocycles. The van der Waals surface area contributed by atoms with Gasteiger partial charge in [-0.1, -0.05) is 0 Å². The van der Waals surface area contributed by atoms with E-state index in [1.54, 1.807) is 6.33 Å². The van der Waals surface area contributed by atoms with Crippen LogP contribution in [0.3, 0.4) is 0 Å². The van der Waals surface area contributed by atoms with Crippen molar-refractivity contribution in [3.8, 4) is 0 Å². The van der Waals surface area contributed by atoms with Crippen molar-refractivity contribution in [1.82, 2.24) is 14.9 Å². The van der Waals surface area contributed by atoms with Crippen LogP contribution in [-0.4, -0.2) is 55.1 Å². The predicted octanol–water partition coefficient (Wildman–Crippen LogP) is 1.44. The number of aromatic nitrogens is 2. The summed E-state index contributed by atoms with van der Waals surface area (Å²) < 4.78 is 0. The van der Waals surface area contributed by atoms with Crippen molar-refractivity contribution in [2.45, 2.75) is 31.3 Å². The van der Waals surface area contributed by atoms with E-state index in [2.05, 4.69) is 34.3 Å². The second-order valence-electron chi connectivity index (χ2n) is 5.37. The summed E-state index contributed by atoms with van der Waals surface area (Å²) in [6.07, 6.45) is 5.38. The number of hydrogen-bond acceptors (Lipinski definition) is 5. The highest BCUT2D eigenvalue weighted by Gasteiger charge is 2.28. The second kappa shape index (κ2) is 5.52. The molecule has 1 aromatic rings. The summed E-state index contributed by atoms with van der Waals surface area (Å²) >= 11 is 0. The molecule has 1 fully saturated rings. The van der Waals surface area contributed by atoms with E-state index < -0.39 is 0 Å². The fourth-order valence-corrected chi connectivity index (χ4v) is 2.59. The molecule has 5 heteroatoms. The van der Waals surface area contributed by atoms with Crippen molar-refractivity contribution in [2.24, 2.45) is 0 Å². The molecule has 0 aliphatic heterocycles. The molecule has 1 aliphatic rings. The van der Waals surface area contributed by atoms with E-state index in [9.17, 15) is 0 Å². The first-order valence-electron chi connectivity index (χ1n) is 6.50. The van der Waals surface area contributed by atoms with E-state index >= 15 is 0 Å². The Bertz CT molecular complexity index is 391. The first-order valence-corrected chi connectivity index (χ1v) is 6.50. The lowest BCUT2D eigenvalue weighted by Gasteiger charge is -2.27. The lowest BCUT2D eigenvalue weighted by molar-refractivity contribution is 0.285. The number of nitrogens with one attached hydrogen (secondary N) is 1. The molecule has 5 nitrogen and oxygen atoms in total. The van der Waals surface area contributed by atoms with Crippen LogP contribution < -0.4 is 10.2 Å². The van der Waals surface area contributed by atoms with Crippen LogP contribution in [0.5, 0.6) is 0 Å². The van der Waals surface area contributed by atoms with Crippen molar-refractivity contribution >= 4 is 11.6 Å². The fraction of sp³-hybridized carbons (Fsp3) is 0.692. The molecule has 0 bridgehead atoms. The molecule has 0 radical (unpaired) electrons. The lowest BCUT2D eigenvalue weighted by atomic mass is 10.1. The van der Waals surface area contributed by atoms with E-state index in [-0.39, 0.29) is 0 Å². The summed E-state index contributed by atoms with van der Waals surface area (Å²) in [6, 6.07) is 3.10. The molecular formula is C13H23N5.